The predicted molar refractivity (Wildman–Crippen MR) is 104 cm³/mol. The van der Waals surface area contributed by atoms with E-state index in [9.17, 15) is 9.59 Å². The topological polar surface area (TPSA) is 55.8 Å². The number of ketones is 1. The number of aryl methyl sites for hydroxylation is 1. The molecular weight excluding hydrogens is 342 g/mol. The van der Waals surface area contributed by atoms with Gasteiger partial charge in [-0.3, -0.25) is 9.59 Å². The molecular formula is C22H25NO4. The number of Topliss-reactive ketones (excluding diaryl/α,β-unsaturated/α-hetero) is 1. The zero-order valence-corrected chi connectivity index (χ0v) is 16.0. The molecule has 5 heteroatoms. The van der Waals surface area contributed by atoms with Gasteiger partial charge in [0.05, 0.1) is 14.2 Å². The van der Waals surface area contributed by atoms with Crippen LogP contribution in [0.15, 0.2) is 42.5 Å². The van der Waals surface area contributed by atoms with Crippen LogP contribution in [-0.2, 0) is 0 Å². The highest BCUT2D eigenvalue weighted by Crippen LogP contribution is 2.26. The summed E-state index contributed by atoms with van der Waals surface area (Å²) in [6.45, 7) is 3.08. The molecule has 3 rings (SSSR count). The highest BCUT2D eigenvalue weighted by atomic mass is 16.5. The highest BCUT2D eigenvalue weighted by Gasteiger charge is 2.29. The fourth-order valence-electron chi connectivity index (χ4n) is 3.44. The first kappa shape index (κ1) is 19.0. The van der Waals surface area contributed by atoms with E-state index in [1.807, 2.05) is 31.2 Å². The van der Waals surface area contributed by atoms with Crippen LogP contribution in [0.1, 0.15) is 39.1 Å². The van der Waals surface area contributed by atoms with Gasteiger partial charge in [-0.1, -0.05) is 29.8 Å². The number of nitrogens with zero attached hydrogens (tertiary/aromatic N) is 1. The van der Waals surface area contributed by atoms with Gasteiger partial charge >= 0.3 is 0 Å². The largest absolute Gasteiger partial charge is 0.497 e. The quantitative estimate of drug-likeness (QED) is 0.756. The molecule has 1 amide bonds. The molecule has 5 nitrogen and oxygen atoms in total. The van der Waals surface area contributed by atoms with Gasteiger partial charge in [-0.2, -0.15) is 0 Å². The van der Waals surface area contributed by atoms with Crippen molar-refractivity contribution in [3.63, 3.8) is 0 Å². The second kappa shape index (κ2) is 8.25. The molecule has 1 atom stereocenters. The Kier molecular flexibility index (Phi) is 5.79. The monoisotopic (exact) mass is 367 g/mol. The number of benzene rings is 2. The third kappa shape index (κ3) is 4.30. The summed E-state index contributed by atoms with van der Waals surface area (Å²) in [6.07, 6.45) is 1.62. The Balaban J connectivity index is 1.76. The Labute approximate surface area is 159 Å². The maximum atomic E-state index is 13.0. The van der Waals surface area contributed by atoms with E-state index in [1.54, 1.807) is 37.3 Å². The molecule has 27 heavy (non-hydrogen) atoms. The lowest BCUT2D eigenvalue weighted by Gasteiger charge is -2.32. The zero-order chi connectivity index (χ0) is 19.4. The Morgan fingerprint density at radius 2 is 1.59 bits per heavy atom. The first-order valence-corrected chi connectivity index (χ1v) is 9.15. The van der Waals surface area contributed by atoms with Crippen LogP contribution >= 0.6 is 0 Å². The molecule has 0 bridgehead atoms. The number of rotatable bonds is 5. The van der Waals surface area contributed by atoms with Gasteiger partial charge in [0.15, 0.2) is 5.78 Å². The third-order valence-electron chi connectivity index (χ3n) is 5.01. The highest BCUT2D eigenvalue weighted by molar-refractivity contribution is 5.99. The first-order chi connectivity index (χ1) is 13.0. The van der Waals surface area contributed by atoms with Crippen molar-refractivity contribution in [3.8, 4) is 11.5 Å². The average Bonchev–Trinajstić information content (AvgIpc) is 2.72. The second-order valence-corrected chi connectivity index (χ2v) is 6.92. The summed E-state index contributed by atoms with van der Waals surface area (Å²) in [7, 11) is 3.11. The van der Waals surface area contributed by atoms with Gasteiger partial charge in [-0.05, 0) is 31.9 Å². The van der Waals surface area contributed by atoms with Crippen LogP contribution < -0.4 is 9.47 Å². The summed E-state index contributed by atoms with van der Waals surface area (Å²) < 4.78 is 10.5. The number of methoxy groups -OCH3 is 2. The van der Waals surface area contributed by atoms with E-state index in [2.05, 4.69) is 0 Å². The lowest BCUT2D eigenvalue weighted by Crippen LogP contribution is -2.42. The lowest BCUT2D eigenvalue weighted by atomic mass is 9.89. The fraction of sp³-hybridized carbons (Fsp3) is 0.364. The molecule has 0 saturated carbocycles. The van der Waals surface area contributed by atoms with Crippen molar-refractivity contribution in [3.05, 3.63) is 59.2 Å². The number of carbonyl (C=O) groups is 2. The van der Waals surface area contributed by atoms with Crippen molar-refractivity contribution in [2.75, 3.05) is 27.3 Å². The summed E-state index contributed by atoms with van der Waals surface area (Å²) in [5.74, 6) is 0.978. The second-order valence-electron chi connectivity index (χ2n) is 6.92. The van der Waals surface area contributed by atoms with E-state index in [0.717, 1.165) is 18.4 Å². The van der Waals surface area contributed by atoms with E-state index in [0.29, 0.717) is 35.7 Å². The summed E-state index contributed by atoms with van der Waals surface area (Å²) in [5, 5.41) is 0. The third-order valence-corrected chi connectivity index (χ3v) is 5.01. The molecule has 0 aliphatic carbocycles. The van der Waals surface area contributed by atoms with Crippen LogP contribution in [0.2, 0.25) is 0 Å². The average molecular weight is 367 g/mol. The minimum Gasteiger partial charge on any atom is -0.497 e. The van der Waals surface area contributed by atoms with Gasteiger partial charge in [0.1, 0.15) is 11.5 Å². The molecule has 0 N–H and O–H groups in total. The van der Waals surface area contributed by atoms with E-state index in [-0.39, 0.29) is 17.6 Å². The minimum atomic E-state index is -0.169. The molecule has 2 aromatic rings. The predicted octanol–water partition coefficient (Wildman–Crippen LogP) is 3.75. The van der Waals surface area contributed by atoms with Crippen molar-refractivity contribution in [2.45, 2.75) is 19.8 Å². The van der Waals surface area contributed by atoms with Gasteiger partial charge in [0, 0.05) is 36.2 Å². The molecule has 142 valence electrons. The van der Waals surface area contributed by atoms with Gasteiger partial charge < -0.3 is 14.4 Å². The molecule has 0 spiro atoms. The summed E-state index contributed by atoms with van der Waals surface area (Å²) in [4.78, 5) is 27.6. The van der Waals surface area contributed by atoms with Crippen molar-refractivity contribution in [2.24, 2.45) is 5.92 Å². The summed E-state index contributed by atoms with van der Waals surface area (Å²) in [6, 6.07) is 12.8. The molecule has 1 saturated heterocycles. The Hall–Kier alpha value is -2.82. The summed E-state index contributed by atoms with van der Waals surface area (Å²) >= 11 is 0. The van der Waals surface area contributed by atoms with Crippen molar-refractivity contribution in [1.82, 2.24) is 4.90 Å². The summed E-state index contributed by atoms with van der Waals surface area (Å²) in [5.41, 5.74) is 2.34. The van der Waals surface area contributed by atoms with Crippen molar-refractivity contribution in [1.29, 1.82) is 0 Å². The zero-order valence-electron chi connectivity index (χ0n) is 16.0. The number of piperidine rings is 1. The van der Waals surface area contributed by atoms with Gasteiger partial charge in [0.2, 0.25) is 0 Å². The van der Waals surface area contributed by atoms with Gasteiger partial charge in [0.25, 0.3) is 5.91 Å². The van der Waals surface area contributed by atoms with Crippen LogP contribution in [0, 0.1) is 12.8 Å². The molecule has 0 aromatic heterocycles. The number of carbonyl (C=O) groups excluding carboxylic acids is 2. The Morgan fingerprint density at radius 3 is 2.19 bits per heavy atom. The number of ether oxygens (including phenoxy) is 2. The Morgan fingerprint density at radius 1 is 0.963 bits per heavy atom. The molecule has 2 aromatic carbocycles. The number of amides is 1. The van der Waals surface area contributed by atoms with E-state index >= 15 is 0 Å². The van der Waals surface area contributed by atoms with Crippen LogP contribution in [-0.4, -0.2) is 43.9 Å². The standard InChI is InChI=1S/C22H25NO4/c1-15-6-8-16(9-7-15)21(24)17-5-4-10-23(14-17)22(25)18-11-19(26-2)13-20(12-18)27-3/h6-9,11-13,17H,4-5,10,14H2,1-3H3. The maximum Gasteiger partial charge on any atom is 0.254 e. The van der Waals surface area contributed by atoms with Crippen LogP contribution in [0.5, 0.6) is 11.5 Å². The van der Waals surface area contributed by atoms with E-state index < -0.39 is 0 Å². The van der Waals surface area contributed by atoms with Gasteiger partial charge in [-0.15, -0.1) is 0 Å². The van der Waals surface area contributed by atoms with Crippen LogP contribution in [0.25, 0.3) is 0 Å². The maximum absolute atomic E-state index is 13.0. The molecule has 1 heterocycles. The Bertz CT molecular complexity index is 806. The van der Waals surface area contributed by atoms with Crippen LogP contribution in [0.3, 0.4) is 0 Å². The smallest absolute Gasteiger partial charge is 0.254 e. The molecule has 0 radical (unpaired) electrons. The van der Waals surface area contributed by atoms with Crippen LogP contribution in [0.4, 0.5) is 0 Å². The molecule has 1 fully saturated rings. The SMILES string of the molecule is COc1cc(OC)cc(C(=O)N2CCCC(C(=O)c3ccc(C)cc3)C2)c1. The number of likely N-dealkylation sites (tertiary alicyclic amines) is 1. The number of hydrogen-bond donors (Lipinski definition) is 0. The fourth-order valence-corrected chi connectivity index (χ4v) is 3.44. The van der Waals surface area contributed by atoms with E-state index in [1.165, 1.54) is 0 Å². The molecule has 1 unspecified atom stereocenters. The normalized spacial score (nSPS) is 16.7. The van der Waals surface area contributed by atoms with Gasteiger partial charge in [-0.25, -0.2) is 0 Å². The molecule has 1 aliphatic heterocycles. The minimum absolute atomic E-state index is 0.103. The lowest BCUT2D eigenvalue weighted by molar-refractivity contribution is 0.0636. The van der Waals surface area contributed by atoms with Crippen molar-refractivity contribution < 1.29 is 19.1 Å². The molecule has 1 aliphatic rings. The first-order valence-electron chi connectivity index (χ1n) is 9.15. The van der Waals surface area contributed by atoms with Crippen molar-refractivity contribution >= 4 is 11.7 Å². The van der Waals surface area contributed by atoms with E-state index in [4.69, 9.17) is 9.47 Å². The number of hydrogen-bond acceptors (Lipinski definition) is 4.